The molecular weight excluding hydrogens is 262 g/mol. The van der Waals surface area contributed by atoms with E-state index in [0.29, 0.717) is 11.6 Å². The van der Waals surface area contributed by atoms with E-state index in [2.05, 4.69) is 17.3 Å². The minimum absolute atomic E-state index is 0.0710. The lowest BCUT2D eigenvalue weighted by atomic mass is 9.78. The standard InChI is InChI=1S/C14H22ClN3O/c1-10-4-6-14(9-15,7-5-10)16-13(19)12-8-11(2)17-18(12)3/h8,10H,4-7,9H2,1-3H3,(H,16,19). The molecule has 1 aliphatic carbocycles. The van der Waals surface area contributed by atoms with Crippen molar-refractivity contribution in [2.24, 2.45) is 13.0 Å². The zero-order chi connectivity index (χ0) is 14.0. The zero-order valence-electron chi connectivity index (χ0n) is 11.9. The molecule has 1 amide bonds. The number of rotatable bonds is 3. The van der Waals surface area contributed by atoms with Crippen LogP contribution in [0.3, 0.4) is 0 Å². The van der Waals surface area contributed by atoms with Gasteiger partial charge in [-0.15, -0.1) is 11.6 Å². The molecule has 0 atom stereocenters. The van der Waals surface area contributed by atoms with Gasteiger partial charge in [-0.1, -0.05) is 6.92 Å². The number of nitrogens with zero attached hydrogens (tertiary/aromatic N) is 2. The number of carbonyl (C=O) groups excluding carboxylic acids is 1. The average Bonchev–Trinajstić information content (AvgIpc) is 2.72. The molecule has 0 aliphatic heterocycles. The predicted molar refractivity (Wildman–Crippen MR) is 76.5 cm³/mol. The van der Waals surface area contributed by atoms with E-state index in [9.17, 15) is 4.79 Å². The number of aryl methyl sites for hydroxylation is 2. The Morgan fingerprint density at radius 3 is 2.68 bits per heavy atom. The number of hydrogen-bond acceptors (Lipinski definition) is 2. The summed E-state index contributed by atoms with van der Waals surface area (Å²) in [6, 6.07) is 1.81. The summed E-state index contributed by atoms with van der Waals surface area (Å²) in [5.41, 5.74) is 1.20. The minimum atomic E-state index is -0.247. The van der Waals surface area contributed by atoms with Gasteiger partial charge in [0.15, 0.2) is 0 Å². The Morgan fingerprint density at radius 2 is 2.21 bits per heavy atom. The Kier molecular flexibility index (Phi) is 4.19. The first kappa shape index (κ1) is 14.4. The van der Waals surface area contributed by atoms with Crippen molar-refractivity contribution in [3.63, 3.8) is 0 Å². The van der Waals surface area contributed by atoms with E-state index in [1.165, 1.54) is 0 Å². The van der Waals surface area contributed by atoms with Crippen LogP contribution in [0.15, 0.2) is 6.07 Å². The molecule has 1 aliphatic rings. The number of halogens is 1. The fourth-order valence-corrected chi connectivity index (χ4v) is 3.07. The van der Waals surface area contributed by atoms with Gasteiger partial charge in [-0.05, 0) is 44.6 Å². The summed E-state index contributed by atoms with van der Waals surface area (Å²) in [6.45, 7) is 4.14. The number of hydrogen-bond donors (Lipinski definition) is 1. The molecule has 4 nitrogen and oxygen atoms in total. The second-order valence-electron chi connectivity index (χ2n) is 5.85. The van der Waals surface area contributed by atoms with Gasteiger partial charge in [0.05, 0.1) is 11.2 Å². The molecule has 106 valence electrons. The third-order valence-electron chi connectivity index (χ3n) is 4.10. The molecular formula is C14H22ClN3O. The molecule has 2 rings (SSSR count). The van der Waals surface area contributed by atoms with Crippen molar-refractivity contribution in [2.75, 3.05) is 5.88 Å². The van der Waals surface area contributed by atoms with Crippen LogP contribution in [-0.4, -0.2) is 27.1 Å². The fraction of sp³-hybridized carbons (Fsp3) is 0.714. The molecule has 1 saturated carbocycles. The largest absolute Gasteiger partial charge is 0.344 e. The highest BCUT2D eigenvalue weighted by Crippen LogP contribution is 2.33. The van der Waals surface area contributed by atoms with Crippen molar-refractivity contribution in [2.45, 2.75) is 45.1 Å². The fourth-order valence-electron chi connectivity index (χ4n) is 2.73. The maximum atomic E-state index is 12.4. The topological polar surface area (TPSA) is 46.9 Å². The molecule has 1 fully saturated rings. The van der Waals surface area contributed by atoms with Crippen LogP contribution in [0.4, 0.5) is 0 Å². The highest BCUT2D eigenvalue weighted by Gasteiger charge is 2.35. The van der Waals surface area contributed by atoms with Gasteiger partial charge in [0.1, 0.15) is 5.69 Å². The summed E-state index contributed by atoms with van der Waals surface area (Å²) >= 11 is 6.12. The molecule has 0 radical (unpaired) electrons. The molecule has 1 heterocycles. The lowest BCUT2D eigenvalue weighted by Crippen LogP contribution is -2.52. The van der Waals surface area contributed by atoms with Crippen LogP contribution in [-0.2, 0) is 7.05 Å². The van der Waals surface area contributed by atoms with E-state index < -0.39 is 0 Å². The van der Waals surface area contributed by atoms with Gasteiger partial charge in [-0.2, -0.15) is 5.10 Å². The molecule has 0 spiro atoms. The Bertz CT molecular complexity index is 461. The van der Waals surface area contributed by atoms with Crippen LogP contribution < -0.4 is 5.32 Å². The molecule has 0 aromatic carbocycles. The summed E-state index contributed by atoms with van der Waals surface area (Å²) in [4.78, 5) is 12.4. The summed E-state index contributed by atoms with van der Waals surface area (Å²) in [5, 5.41) is 7.35. The SMILES string of the molecule is Cc1cc(C(=O)NC2(CCl)CCC(C)CC2)n(C)n1. The zero-order valence-corrected chi connectivity index (χ0v) is 12.6. The second kappa shape index (κ2) is 5.53. The molecule has 1 aromatic heterocycles. The van der Waals surface area contributed by atoms with Crippen LogP contribution in [0.25, 0.3) is 0 Å². The molecule has 0 unspecified atom stereocenters. The smallest absolute Gasteiger partial charge is 0.270 e. The van der Waals surface area contributed by atoms with Gasteiger partial charge in [0, 0.05) is 12.9 Å². The van der Waals surface area contributed by atoms with E-state index in [1.54, 1.807) is 11.7 Å². The minimum Gasteiger partial charge on any atom is -0.344 e. The number of nitrogens with one attached hydrogen (secondary N) is 1. The summed E-state index contributed by atoms with van der Waals surface area (Å²) in [6.07, 6.45) is 4.16. The van der Waals surface area contributed by atoms with Crippen LogP contribution >= 0.6 is 11.6 Å². The normalized spacial score (nSPS) is 27.3. The number of carbonyl (C=O) groups is 1. The number of amides is 1. The quantitative estimate of drug-likeness (QED) is 0.867. The maximum absolute atomic E-state index is 12.4. The first-order chi connectivity index (χ1) is 8.96. The van der Waals surface area contributed by atoms with Crippen LogP contribution in [0.1, 0.15) is 48.8 Å². The highest BCUT2D eigenvalue weighted by molar-refractivity contribution is 6.19. The first-order valence-corrected chi connectivity index (χ1v) is 7.38. The van der Waals surface area contributed by atoms with E-state index in [0.717, 1.165) is 37.3 Å². The summed E-state index contributed by atoms with van der Waals surface area (Å²) in [7, 11) is 1.79. The lowest BCUT2D eigenvalue weighted by Gasteiger charge is -2.38. The van der Waals surface area contributed by atoms with E-state index in [1.807, 2.05) is 13.0 Å². The monoisotopic (exact) mass is 283 g/mol. The Labute approximate surface area is 119 Å². The highest BCUT2D eigenvalue weighted by atomic mass is 35.5. The summed E-state index contributed by atoms with van der Waals surface area (Å²) < 4.78 is 1.62. The summed E-state index contributed by atoms with van der Waals surface area (Å²) in [5.74, 6) is 1.13. The number of alkyl halides is 1. The van der Waals surface area contributed by atoms with Gasteiger partial charge in [0.2, 0.25) is 0 Å². The Balaban J connectivity index is 2.10. The van der Waals surface area contributed by atoms with Crippen molar-refractivity contribution < 1.29 is 4.79 Å². The lowest BCUT2D eigenvalue weighted by molar-refractivity contribution is 0.0862. The van der Waals surface area contributed by atoms with Crippen molar-refractivity contribution in [1.82, 2.24) is 15.1 Å². The molecule has 0 saturated heterocycles. The Morgan fingerprint density at radius 1 is 1.58 bits per heavy atom. The molecule has 0 bridgehead atoms. The molecule has 1 N–H and O–H groups in total. The van der Waals surface area contributed by atoms with Crippen molar-refractivity contribution in [1.29, 1.82) is 0 Å². The number of aromatic nitrogens is 2. The van der Waals surface area contributed by atoms with Gasteiger partial charge in [-0.25, -0.2) is 0 Å². The van der Waals surface area contributed by atoms with Gasteiger partial charge in [0.25, 0.3) is 5.91 Å². The Hall–Kier alpha value is -1.03. The molecule has 5 heteroatoms. The average molecular weight is 284 g/mol. The van der Waals surface area contributed by atoms with E-state index >= 15 is 0 Å². The van der Waals surface area contributed by atoms with Crippen LogP contribution in [0.5, 0.6) is 0 Å². The van der Waals surface area contributed by atoms with Crippen LogP contribution in [0, 0.1) is 12.8 Å². The van der Waals surface area contributed by atoms with Crippen molar-refractivity contribution in [3.05, 3.63) is 17.5 Å². The maximum Gasteiger partial charge on any atom is 0.270 e. The second-order valence-corrected chi connectivity index (χ2v) is 6.11. The van der Waals surface area contributed by atoms with Crippen molar-refractivity contribution in [3.8, 4) is 0 Å². The van der Waals surface area contributed by atoms with E-state index in [4.69, 9.17) is 11.6 Å². The van der Waals surface area contributed by atoms with Crippen LogP contribution in [0.2, 0.25) is 0 Å². The third-order valence-corrected chi connectivity index (χ3v) is 4.61. The molecule has 19 heavy (non-hydrogen) atoms. The van der Waals surface area contributed by atoms with Gasteiger partial charge in [-0.3, -0.25) is 9.48 Å². The van der Waals surface area contributed by atoms with Gasteiger partial charge < -0.3 is 5.32 Å². The van der Waals surface area contributed by atoms with E-state index in [-0.39, 0.29) is 11.4 Å². The van der Waals surface area contributed by atoms with Gasteiger partial charge >= 0.3 is 0 Å². The predicted octanol–water partition coefficient (Wildman–Crippen LogP) is 2.65. The van der Waals surface area contributed by atoms with Crippen molar-refractivity contribution >= 4 is 17.5 Å². The first-order valence-electron chi connectivity index (χ1n) is 6.85. The third kappa shape index (κ3) is 3.11. The molecule has 1 aromatic rings.